The van der Waals surface area contributed by atoms with Gasteiger partial charge in [0.1, 0.15) is 19.3 Å². The molecule has 82 heavy (non-hydrogen) atoms. The quantitative estimate of drug-likeness (QED) is 0.0222. The van der Waals surface area contributed by atoms with Gasteiger partial charge in [-0.25, -0.2) is 9.13 Å². The smallest absolute Gasteiger partial charge is 0.462 e. The Morgan fingerprint density at radius 2 is 0.561 bits per heavy atom. The number of rotatable bonds is 62. The SMILES string of the molecule is CCCCCCCCCCCCCC(=O)OC[C@H](COP(=O)(O)OC[C@@H](O)COP(=O)(O)OC[C@@H](COC(=O)CCCCCCCCCC)OC(=O)CCCCCCCCC(C)C)OC(=O)CCCCCCCCCCCCCC(C)C. The molecule has 486 valence electrons. The molecule has 0 aromatic heterocycles. The lowest BCUT2D eigenvalue weighted by molar-refractivity contribution is -0.161. The standard InChI is InChI=1S/C63H122O17P2/c1-7-9-11-13-15-17-19-23-27-34-40-46-61(66)74-51-58(79-62(67)47-41-35-28-24-21-18-20-22-25-31-37-43-55(3)4)53-77-81(69,70)75-49-57(64)50-76-82(71,72)78-54-59(52-73-60(65)45-39-33-26-16-14-12-10-8-2)80-63(68)48-42-36-30-29-32-38-44-56(5)6/h55-59,64H,7-54H2,1-6H3,(H,69,70)(H,71,72)/t57-,58-,59-/m1/s1. The summed E-state index contributed by atoms with van der Waals surface area (Å²) < 4.78 is 67.9. The van der Waals surface area contributed by atoms with E-state index in [4.69, 9.17) is 37.0 Å². The second-order valence-corrected chi connectivity index (χ2v) is 26.7. The summed E-state index contributed by atoms with van der Waals surface area (Å²) in [6.45, 7) is 9.37. The first kappa shape index (κ1) is 80.1. The molecule has 0 aromatic carbocycles. The average Bonchev–Trinajstić information content (AvgIpc) is 3.44. The molecular formula is C63H122O17P2. The minimum absolute atomic E-state index is 0.102. The minimum atomic E-state index is -4.94. The third kappa shape index (κ3) is 57.2. The van der Waals surface area contributed by atoms with Crippen LogP contribution in [0.15, 0.2) is 0 Å². The van der Waals surface area contributed by atoms with Crippen LogP contribution < -0.4 is 0 Å². The molecule has 0 aliphatic rings. The first-order valence-electron chi connectivity index (χ1n) is 33.0. The highest BCUT2D eigenvalue weighted by Crippen LogP contribution is 2.45. The fourth-order valence-corrected chi connectivity index (χ4v) is 10.9. The van der Waals surface area contributed by atoms with E-state index in [2.05, 4.69) is 41.5 Å². The van der Waals surface area contributed by atoms with Gasteiger partial charge >= 0.3 is 39.5 Å². The van der Waals surface area contributed by atoms with Gasteiger partial charge in [0.2, 0.25) is 0 Å². The molecule has 17 nitrogen and oxygen atoms in total. The maximum absolute atomic E-state index is 13.0. The van der Waals surface area contributed by atoms with Crippen LogP contribution in [0.5, 0.6) is 0 Å². The number of hydrogen-bond donors (Lipinski definition) is 3. The van der Waals surface area contributed by atoms with Gasteiger partial charge in [0, 0.05) is 25.7 Å². The van der Waals surface area contributed by atoms with Gasteiger partial charge in [0.05, 0.1) is 26.4 Å². The highest BCUT2D eigenvalue weighted by Gasteiger charge is 2.30. The predicted octanol–water partition coefficient (Wildman–Crippen LogP) is 17.3. The largest absolute Gasteiger partial charge is 0.472 e. The molecule has 0 fully saturated rings. The van der Waals surface area contributed by atoms with E-state index in [0.29, 0.717) is 31.6 Å². The van der Waals surface area contributed by atoms with Crippen LogP contribution in [0.4, 0.5) is 0 Å². The summed E-state index contributed by atoms with van der Waals surface area (Å²) in [5.74, 6) is -0.706. The zero-order chi connectivity index (χ0) is 60.8. The first-order valence-corrected chi connectivity index (χ1v) is 36.0. The molecule has 0 bridgehead atoms. The van der Waals surface area contributed by atoms with E-state index in [1.807, 2.05) is 0 Å². The number of carbonyl (C=O) groups is 4. The van der Waals surface area contributed by atoms with Gasteiger partial charge in [-0.1, -0.05) is 260 Å². The summed E-state index contributed by atoms with van der Waals surface area (Å²) in [7, 11) is -9.88. The lowest BCUT2D eigenvalue weighted by atomic mass is 10.0. The van der Waals surface area contributed by atoms with Crippen molar-refractivity contribution in [3.05, 3.63) is 0 Å². The highest BCUT2D eigenvalue weighted by atomic mass is 31.2. The Labute approximate surface area is 498 Å². The lowest BCUT2D eigenvalue weighted by Gasteiger charge is -2.21. The summed E-state index contributed by atoms with van der Waals surface area (Å²) in [4.78, 5) is 72.1. The van der Waals surface area contributed by atoms with Crippen molar-refractivity contribution < 1.29 is 80.2 Å². The topological polar surface area (TPSA) is 237 Å². The van der Waals surface area contributed by atoms with Crippen molar-refractivity contribution in [3.8, 4) is 0 Å². The van der Waals surface area contributed by atoms with E-state index in [9.17, 15) is 43.2 Å². The van der Waals surface area contributed by atoms with Gasteiger partial charge in [-0.15, -0.1) is 0 Å². The van der Waals surface area contributed by atoms with Gasteiger partial charge in [-0.05, 0) is 37.5 Å². The number of carbonyl (C=O) groups excluding carboxylic acids is 4. The molecule has 2 unspecified atom stereocenters. The highest BCUT2D eigenvalue weighted by molar-refractivity contribution is 7.47. The fraction of sp³-hybridized carbons (Fsp3) is 0.937. The molecule has 0 amide bonds. The lowest BCUT2D eigenvalue weighted by Crippen LogP contribution is -2.30. The van der Waals surface area contributed by atoms with Crippen molar-refractivity contribution in [2.45, 2.75) is 330 Å². The van der Waals surface area contributed by atoms with E-state index < -0.39 is 97.5 Å². The molecule has 0 saturated carbocycles. The summed E-state index contributed by atoms with van der Waals surface area (Å²) in [6, 6.07) is 0. The number of hydrogen-bond acceptors (Lipinski definition) is 15. The van der Waals surface area contributed by atoms with Crippen molar-refractivity contribution in [3.63, 3.8) is 0 Å². The molecule has 0 aromatic rings. The molecule has 0 aliphatic heterocycles. The molecule has 0 radical (unpaired) electrons. The molecule has 0 spiro atoms. The van der Waals surface area contributed by atoms with Crippen molar-refractivity contribution in [1.29, 1.82) is 0 Å². The Balaban J connectivity index is 5.22. The molecule has 0 aliphatic carbocycles. The number of unbranched alkanes of at least 4 members (excludes halogenated alkanes) is 32. The van der Waals surface area contributed by atoms with E-state index in [1.54, 1.807) is 0 Å². The fourth-order valence-electron chi connectivity index (χ4n) is 9.35. The Morgan fingerprint density at radius 3 is 0.829 bits per heavy atom. The van der Waals surface area contributed by atoms with E-state index >= 15 is 0 Å². The molecule has 0 rings (SSSR count). The molecule has 3 N–H and O–H groups in total. The van der Waals surface area contributed by atoms with Gasteiger partial charge in [-0.2, -0.15) is 0 Å². The third-order valence-electron chi connectivity index (χ3n) is 14.5. The second-order valence-electron chi connectivity index (χ2n) is 23.7. The van der Waals surface area contributed by atoms with Crippen molar-refractivity contribution >= 4 is 39.5 Å². The van der Waals surface area contributed by atoms with Gasteiger partial charge in [0.25, 0.3) is 0 Å². The zero-order valence-corrected chi connectivity index (χ0v) is 54.6. The molecule has 0 heterocycles. The van der Waals surface area contributed by atoms with Gasteiger partial charge in [-0.3, -0.25) is 37.3 Å². The van der Waals surface area contributed by atoms with Crippen LogP contribution in [-0.4, -0.2) is 96.7 Å². The van der Waals surface area contributed by atoms with Crippen LogP contribution in [0, 0.1) is 11.8 Å². The van der Waals surface area contributed by atoms with Crippen LogP contribution in [0.2, 0.25) is 0 Å². The number of phosphoric acid groups is 2. The first-order chi connectivity index (χ1) is 39.4. The zero-order valence-electron chi connectivity index (χ0n) is 52.8. The van der Waals surface area contributed by atoms with E-state index in [1.165, 1.54) is 122 Å². The molecule has 0 saturated heterocycles. The second kappa shape index (κ2) is 55.6. The number of esters is 4. The van der Waals surface area contributed by atoms with E-state index in [-0.39, 0.29) is 25.7 Å². The van der Waals surface area contributed by atoms with Crippen LogP contribution in [-0.2, 0) is 65.4 Å². The van der Waals surface area contributed by atoms with Crippen molar-refractivity contribution in [2.24, 2.45) is 11.8 Å². The van der Waals surface area contributed by atoms with Crippen LogP contribution >= 0.6 is 15.6 Å². The summed E-state index contributed by atoms with van der Waals surface area (Å²) in [5.41, 5.74) is 0. The van der Waals surface area contributed by atoms with Crippen LogP contribution in [0.3, 0.4) is 0 Å². The molecular weight excluding hydrogens is 1090 g/mol. The maximum atomic E-state index is 13.0. The van der Waals surface area contributed by atoms with Gasteiger partial charge in [0.15, 0.2) is 12.2 Å². The van der Waals surface area contributed by atoms with E-state index in [0.717, 1.165) is 102 Å². The Hall–Kier alpha value is -1.94. The predicted molar refractivity (Wildman–Crippen MR) is 326 cm³/mol. The molecule has 5 atom stereocenters. The summed E-state index contributed by atoms with van der Waals surface area (Å²) in [5, 5.41) is 10.5. The Bertz CT molecular complexity index is 1620. The van der Waals surface area contributed by atoms with Crippen LogP contribution in [0.1, 0.15) is 311 Å². The normalized spacial score (nSPS) is 14.3. The third-order valence-corrected chi connectivity index (χ3v) is 16.4. The van der Waals surface area contributed by atoms with Gasteiger partial charge < -0.3 is 33.8 Å². The maximum Gasteiger partial charge on any atom is 0.472 e. The number of aliphatic hydroxyl groups is 1. The molecule has 19 heteroatoms. The number of ether oxygens (including phenoxy) is 4. The Kier molecular flexibility index (Phi) is 54.3. The summed E-state index contributed by atoms with van der Waals surface area (Å²) >= 11 is 0. The number of phosphoric ester groups is 2. The number of aliphatic hydroxyl groups excluding tert-OH is 1. The average molecular weight is 1210 g/mol. The Morgan fingerprint density at radius 1 is 0.329 bits per heavy atom. The van der Waals surface area contributed by atoms with Crippen molar-refractivity contribution in [1.82, 2.24) is 0 Å². The monoisotopic (exact) mass is 1210 g/mol. The summed E-state index contributed by atoms with van der Waals surface area (Å²) in [6.07, 6.45) is 37.7. The van der Waals surface area contributed by atoms with Crippen LogP contribution in [0.25, 0.3) is 0 Å². The van der Waals surface area contributed by atoms with Crippen molar-refractivity contribution in [2.75, 3.05) is 39.6 Å². The minimum Gasteiger partial charge on any atom is -0.462 e.